The number of hydrazine groups is 1. The molecular formula is C4H13N5O. The monoisotopic (exact) mass is 147 g/mol. The highest BCUT2D eigenvalue weighted by Gasteiger charge is 1.84. The van der Waals surface area contributed by atoms with Gasteiger partial charge in [-0.1, -0.05) is 0 Å². The molecule has 0 aliphatic heterocycles. The Morgan fingerprint density at radius 3 is 2.90 bits per heavy atom. The van der Waals surface area contributed by atoms with Gasteiger partial charge in [0.2, 0.25) is 5.96 Å². The first-order valence-corrected chi connectivity index (χ1v) is 2.88. The van der Waals surface area contributed by atoms with Crippen molar-refractivity contribution < 1.29 is 4.84 Å². The van der Waals surface area contributed by atoms with E-state index in [-0.39, 0.29) is 5.96 Å². The van der Waals surface area contributed by atoms with Gasteiger partial charge in [0.1, 0.15) is 6.61 Å². The number of nitrogens with one attached hydrogen (secondary N) is 2. The van der Waals surface area contributed by atoms with Crippen molar-refractivity contribution in [3.05, 3.63) is 0 Å². The molecule has 6 N–H and O–H groups in total. The summed E-state index contributed by atoms with van der Waals surface area (Å²) in [6, 6.07) is 0. The third-order valence-corrected chi connectivity index (χ3v) is 0.754. The first-order chi connectivity index (χ1) is 4.81. The minimum Gasteiger partial charge on any atom is -0.391 e. The molecule has 0 aromatic heterocycles. The van der Waals surface area contributed by atoms with Crippen LogP contribution in [0.2, 0.25) is 0 Å². The molecule has 0 heterocycles. The number of nitrogens with two attached hydrogens (primary N) is 2. The van der Waals surface area contributed by atoms with Crippen molar-refractivity contribution in [1.82, 2.24) is 10.7 Å². The van der Waals surface area contributed by atoms with Crippen LogP contribution < -0.4 is 22.3 Å². The molecule has 0 aliphatic carbocycles. The Morgan fingerprint density at radius 2 is 2.40 bits per heavy atom. The Hall–Kier alpha value is -1.01. The lowest BCUT2D eigenvalue weighted by atomic mass is 10.7. The molecule has 60 valence electrons. The molecule has 0 radical (unpaired) electrons. The first-order valence-electron chi connectivity index (χ1n) is 2.88. The van der Waals surface area contributed by atoms with Gasteiger partial charge >= 0.3 is 0 Å². The van der Waals surface area contributed by atoms with Gasteiger partial charge in [0.05, 0.1) is 0 Å². The van der Waals surface area contributed by atoms with Crippen LogP contribution in [-0.4, -0.2) is 26.2 Å². The Kier molecular flexibility index (Phi) is 5.50. The fourth-order valence-corrected chi connectivity index (χ4v) is 0.289. The molecule has 0 unspecified atom stereocenters. The topological polar surface area (TPSA) is 97.7 Å². The largest absolute Gasteiger partial charge is 0.391 e. The van der Waals surface area contributed by atoms with Gasteiger partial charge in [-0.25, -0.2) is 5.84 Å². The highest BCUT2D eigenvalue weighted by Crippen LogP contribution is 1.71. The third kappa shape index (κ3) is 5.13. The fourth-order valence-electron chi connectivity index (χ4n) is 0.289. The lowest BCUT2D eigenvalue weighted by Gasteiger charge is -1.99. The zero-order valence-electron chi connectivity index (χ0n) is 5.92. The lowest BCUT2D eigenvalue weighted by Crippen LogP contribution is -2.37. The predicted octanol–water partition coefficient (Wildman–Crippen LogP) is -2.08. The van der Waals surface area contributed by atoms with Gasteiger partial charge in [-0.2, -0.15) is 0 Å². The van der Waals surface area contributed by atoms with Gasteiger partial charge in [0, 0.05) is 6.54 Å². The van der Waals surface area contributed by atoms with Gasteiger partial charge in [0.25, 0.3) is 0 Å². The molecule has 0 aliphatic rings. The van der Waals surface area contributed by atoms with Crippen molar-refractivity contribution in [3.63, 3.8) is 0 Å². The van der Waals surface area contributed by atoms with Crippen LogP contribution in [0.1, 0.15) is 0 Å². The molecule has 6 nitrogen and oxygen atoms in total. The van der Waals surface area contributed by atoms with Crippen LogP contribution >= 0.6 is 0 Å². The minimum atomic E-state index is 0.0658. The summed E-state index contributed by atoms with van der Waals surface area (Å²) in [5.41, 5.74) is 7.25. The van der Waals surface area contributed by atoms with Crippen molar-refractivity contribution in [2.24, 2.45) is 16.7 Å². The van der Waals surface area contributed by atoms with Crippen molar-refractivity contribution in [2.45, 2.75) is 0 Å². The van der Waals surface area contributed by atoms with Gasteiger partial charge < -0.3 is 15.9 Å². The van der Waals surface area contributed by atoms with Crippen molar-refractivity contribution in [1.29, 1.82) is 0 Å². The predicted molar refractivity (Wildman–Crippen MR) is 38.8 cm³/mol. The highest BCUT2D eigenvalue weighted by atomic mass is 16.6. The molecule has 0 atom stereocenters. The zero-order chi connectivity index (χ0) is 7.82. The maximum atomic E-state index is 5.12. The van der Waals surface area contributed by atoms with Crippen LogP contribution in [0.3, 0.4) is 0 Å². The van der Waals surface area contributed by atoms with Gasteiger partial charge in [-0.3, -0.25) is 5.43 Å². The van der Waals surface area contributed by atoms with Crippen LogP contribution in [0.4, 0.5) is 0 Å². The summed E-state index contributed by atoms with van der Waals surface area (Å²) >= 11 is 0. The molecule has 0 aromatic rings. The smallest absolute Gasteiger partial charge is 0.245 e. The summed E-state index contributed by atoms with van der Waals surface area (Å²) in [6.45, 7) is 1.19. The Bertz CT molecular complexity index is 104. The van der Waals surface area contributed by atoms with Gasteiger partial charge in [-0.05, 0) is 12.2 Å². The molecule has 10 heavy (non-hydrogen) atoms. The molecule has 6 heteroatoms. The molecule has 0 saturated carbocycles. The van der Waals surface area contributed by atoms with Crippen LogP contribution in [0.25, 0.3) is 0 Å². The van der Waals surface area contributed by atoms with E-state index in [9.17, 15) is 0 Å². The summed E-state index contributed by atoms with van der Waals surface area (Å²) < 4.78 is 0. The summed E-state index contributed by atoms with van der Waals surface area (Å²) in [6.07, 6.45) is 0. The van der Waals surface area contributed by atoms with E-state index in [1.165, 1.54) is 0 Å². The number of likely N-dealkylation sites (N-methyl/N-ethyl adjacent to an activating group) is 1. The summed E-state index contributed by atoms with van der Waals surface area (Å²) in [4.78, 5) is 4.68. The Balaban J connectivity index is 3.16. The average Bonchev–Trinajstić information content (AvgIpc) is 1.98. The van der Waals surface area contributed by atoms with E-state index in [2.05, 4.69) is 20.7 Å². The number of nitrogens with zero attached hydrogens (tertiary/aromatic N) is 1. The minimum absolute atomic E-state index is 0.0658. The number of guanidine groups is 1. The van der Waals surface area contributed by atoms with E-state index in [4.69, 9.17) is 11.6 Å². The van der Waals surface area contributed by atoms with Crippen LogP contribution in [0, 0.1) is 0 Å². The highest BCUT2D eigenvalue weighted by molar-refractivity contribution is 5.76. The van der Waals surface area contributed by atoms with Crippen molar-refractivity contribution in [2.75, 3.05) is 20.2 Å². The van der Waals surface area contributed by atoms with Crippen LogP contribution in [-0.2, 0) is 4.84 Å². The average molecular weight is 147 g/mol. The molecule has 0 bridgehead atoms. The molecule has 0 spiro atoms. The van der Waals surface area contributed by atoms with Crippen molar-refractivity contribution in [3.8, 4) is 0 Å². The summed E-state index contributed by atoms with van der Waals surface area (Å²) in [5, 5.41) is 6.27. The van der Waals surface area contributed by atoms with Gasteiger partial charge in [0.15, 0.2) is 0 Å². The molecule has 0 amide bonds. The van der Waals surface area contributed by atoms with E-state index >= 15 is 0 Å². The second kappa shape index (κ2) is 6.12. The van der Waals surface area contributed by atoms with E-state index in [1.807, 2.05) is 7.05 Å². The number of oxime groups is 1. The van der Waals surface area contributed by atoms with E-state index in [1.54, 1.807) is 0 Å². The number of hydrogen-bond donors (Lipinski definition) is 4. The molecule has 0 rings (SSSR count). The normalized spacial score (nSPS) is 11.2. The third-order valence-electron chi connectivity index (χ3n) is 0.754. The summed E-state index contributed by atoms with van der Waals surface area (Å²) in [7, 11) is 1.82. The summed E-state index contributed by atoms with van der Waals surface area (Å²) in [5.74, 6) is 4.95. The second-order valence-electron chi connectivity index (χ2n) is 1.56. The van der Waals surface area contributed by atoms with E-state index < -0.39 is 0 Å². The van der Waals surface area contributed by atoms with Crippen LogP contribution in [0.5, 0.6) is 0 Å². The Morgan fingerprint density at radius 1 is 1.70 bits per heavy atom. The maximum absolute atomic E-state index is 5.12. The van der Waals surface area contributed by atoms with Crippen LogP contribution in [0.15, 0.2) is 5.16 Å². The molecular weight excluding hydrogens is 134 g/mol. The fraction of sp³-hybridized carbons (Fsp3) is 0.750. The molecule has 0 aromatic carbocycles. The first kappa shape index (κ1) is 8.99. The standard InChI is InChI=1S/C4H13N5O/c1-7-2-3-10-9-4(5)8-6/h7H,2-3,6H2,1H3,(H3,5,8,9). The molecule has 0 saturated heterocycles. The number of hydrogen-bond acceptors (Lipinski definition) is 4. The van der Waals surface area contributed by atoms with Crippen molar-refractivity contribution >= 4 is 5.96 Å². The van der Waals surface area contributed by atoms with Gasteiger partial charge in [-0.15, -0.1) is 0 Å². The second-order valence-corrected chi connectivity index (χ2v) is 1.56. The lowest BCUT2D eigenvalue weighted by molar-refractivity contribution is 0.146. The maximum Gasteiger partial charge on any atom is 0.245 e. The SMILES string of the molecule is CNCCO/N=C(\N)NN. The quantitative estimate of drug-likeness (QED) is 0.120. The van der Waals surface area contributed by atoms with E-state index in [0.29, 0.717) is 6.61 Å². The van der Waals surface area contributed by atoms with E-state index in [0.717, 1.165) is 6.54 Å². The zero-order valence-corrected chi connectivity index (χ0v) is 5.92. The molecule has 0 fully saturated rings. The Labute approximate surface area is 59.5 Å². The number of rotatable bonds is 4.